The molecule has 1 unspecified atom stereocenters. The first-order valence-corrected chi connectivity index (χ1v) is 9.44. The molecule has 2 aromatic rings. The number of hydrogen-bond acceptors (Lipinski definition) is 4. The van der Waals surface area contributed by atoms with Crippen LogP contribution in [0.1, 0.15) is 30.6 Å². The molecule has 0 saturated carbocycles. The molecule has 0 bridgehead atoms. The second kappa shape index (κ2) is 5.88. The molecule has 1 saturated heterocycles. The zero-order valence-electron chi connectivity index (χ0n) is 15.2. The summed E-state index contributed by atoms with van der Waals surface area (Å²) < 4.78 is 10.8. The minimum atomic E-state index is -0.256. The van der Waals surface area contributed by atoms with Crippen LogP contribution in [0.25, 0.3) is 10.9 Å². The zero-order chi connectivity index (χ0) is 17.8. The Balaban J connectivity index is 1.55. The van der Waals surface area contributed by atoms with Gasteiger partial charge >= 0.3 is 5.97 Å². The highest BCUT2D eigenvalue weighted by Crippen LogP contribution is 2.47. The van der Waals surface area contributed by atoms with E-state index >= 15 is 0 Å². The molecule has 0 radical (unpaired) electrons. The van der Waals surface area contributed by atoms with Gasteiger partial charge in [-0.2, -0.15) is 0 Å². The molecule has 5 heteroatoms. The van der Waals surface area contributed by atoms with Gasteiger partial charge in [0.15, 0.2) is 0 Å². The van der Waals surface area contributed by atoms with E-state index < -0.39 is 0 Å². The molecule has 3 aliphatic heterocycles. The number of nitrogens with zero attached hydrogens (tertiary/aromatic N) is 1. The molecule has 136 valence electrons. The van der Waals surface area contributed by atoms with Crippen molar-refractivity contribution in [2.45, 2.75) is 31.9 Å². The van der Waals surface area contributed by atoms with Crippen molar-refractivity contribution in [1.29, 1.82) is 0 Å². The number of carbonyl (C=O) groups is 1. The Morgan fingerprint density at radius 2 is 2.19 bits per heavy atom. The molecule has 26 heavy (non-hydrogen) atoms. The topological polar surface area (TPSA) is 54.6 Å². The maximum absolute atomic E-state index is 12.3. The van der Waals surface area contributed by atoms with E-state index in [0.29, 0.717) is 17.5 Å². The number of fused-ring (bicyclic) bond motifs is 6. The summed E-state index contributed by atoms with van der Waals surface area (Å²) in [6.07, 6.45) is 3.77. The predicted molar refractivity (Wildman–Crippen MR) is 98.6 cm³/mol. The number of rotatable bonds is 1. The number of esters is 1. The number of aromatic amines is 1. The minimum Gasteiger partial charge on any atom is -0.497 e. The maximum Gasteiger partial charge on any atom is 0.337 e. The summed E-state index contributed by atoms with van der Waals surface area (Å²) in [5.74, 6) is 0.258. The lowest BCUT2D eigenvalue weighted by molar-refractivity contribution is -0.139. The molecular formula is C21H24N2O3. The van der Waals surface area contributed by atoms with Crippen LogP contribution in [0, 0.1) is 11.8 Å². The normalized spacial score (nSPS) is 30.6. The fraction of sp³-hybridized carbons (Fsp3) is 0.476. The molecule has 5 nitrogen and oxygen atoms in total. The summed E-state index contributed by atoms with van der Waals surface area (Å²) >= 11 is 0. The third kappa shape index (κ3) is 2.23. The number of ether oxygens (including phenoxy) is 2. The second-order valence-electron chi connectivity index (χ2n) is 7.74. The number of aromatic nitrogens is 1. The summed E-state index contributed by atoms with van der Waals surface area (Å²) in [6.45, 7) is 4.13. The van der Waals surface area contributed by atoms with Crippen LogP contribution in [0.2, 0.25) is 0 Å². The van der Waals surface area contributed by atoms with Crippen LogP contribution in [0.5, 0.6) is 0 Å². The number of hydrogen-bond donors (Lipinski definition) is 1. The van der Waals surface area contributed by atoms with Gasteiger partial charge in [-0.15, -0.1) is 0 Å². The Bertz CT molecular complexity index is 900. The van der Waals surface area contributed by atoms with Gasteiger partial charge in [-0.1, -0.05) is 18.2 Å². The van der Waals surface area contributed by atoms with Crippen LogP contribution in [0.4, 0.5) is 0 Å². The van der Waals surface area contributed by atoms with E-state index in [0.717, 1.165) is 25.9 Å². The highest BCUT2D eigenvalue weighted by Gasteiger charge is 2.46. The standard InChI is InChI=1S/C21H24N2O3/c1-12-16-10-23-8-7-14-13-5-3-4-6-18(13)22-20(14)19(23)9-15(16)17(11-26-12)21(24)25-2/h3-6,11-12,15-16,19,22H,7-10H2,1-2H3/t12-,15-,16+,19?/m0/s1. The summed E-state index contributed by atoms with van der Waals surface area (Å²) in [7, 11) is 1.45. The number of piperidine rings is 1. The first-order chi connectivity index (χ1) is 12.7. The molecule has 1 aromatic heterocycles. The molecule has 4 heterocycles. The quantitative estimate of drug-likeness (QED) is 0.801. The molecule has 3 aliphatic rings. The molecule has 0 aliphatic carbocycles. The van der Waals surface area contributed by atoms with E-state index in [9.17, 15) is 4.79 Å². The van der Waals surface area contributed by atoms with Crippen molar-refractivity contribution in [2.75, 3.05) is 20.2 Å². The van der Waals surface area contributed by atoms with Crippen LogP contribution in [0.3, 0.4) is 0 Å². The number of carbonyl (C=O) groups excluding carboxylic acids is 1. The largest absolute Gasteiger partial charge is 0.497 e. The highest BCUT2D eigenvalue weighted by molar-refractivity contribution is 5.89. The van der Waals surface area contributed by atoms with Gasteiger partial charge in [0, 0.05) is 41.5 Å². The Morgan fingerprint density at radius 3 is 3.04 bits per heavy atom. The third-order valence-corrected chi connectivity index (χ3v) is 6.54. The van der Waals surface area contributed by atoms with Gasteiger partial charge in [0.1, 0.15) is 0 Å². The van der Waals surface area contributed by atoms with Gasteiger partial charge in [-0.3, -0.25) is 4.90 Å². The molecule has 5 rings (SSSR count). The number of para-hydroxylation sites is 1. The van der Waals surface area contributed by atoms with Crippen LogP contribution in [-0.2, 0) is 20.7 Å². The molecule has 4 atom stereocenters. The molecule has 0 amide bonds. The maximum atomic E-state index is 12.3. The van der Waals surface area contributed by atoms with E-state index in [-0.39, 0.29) is 18.0 Å². The Hall–Kier alpha value is -2.27. The second-order valence-corrected chi connectivity index (χ2v) is 7.74. The summed E-state index contributed by atoms with van der Waals surface area (Å²) in [5.41, 5.74) is 4.69. The number of nitrogens with one attached hydrogen (secondary N) is 1. The zero-order valence-corrected chi connectivity index (χ0v) is 15.2. The average molecular weight is 352 g/mol. The van der Waals surface area contributed by atoms with Crippen LogP contribution in [-0.4, -0.2) is 42.2 Å². The lowest BCUT2D eigenvalue weighted by atomic mass is 9.72. The predicted octanol–water partition coefficient (Wildman–Crippen LogP) is 3.18. The van der Waals surface area contributed by atoms with Crippen molar-refractivity contribution in [3.63, 3.8) is 0 Å². The molecule has 1 fully saturated rings. The van der Waals surface area contributed by atoms with Crippen molar-refractivity contribution < 1.29 is 14.3 Å². The lowest BCUT2D eigenvalue weighted by Crippen LogP contribution is -2.51. The summed E-state index contributed by atoms with van der Waals surface area (Å²) in [6, 6.07) is 8.88. The van der Waals surface area contributed by atoms with Gasteiger partial charge in [-0.05, 0) is 31.4 Å². The molecule has 0 spiro atoms. The Labute approximate surface area is 153 Å². The third-order valence-electron chi connectivity index (χ3n) is 6.54. The van der Waals surface area contributed by atoms with E-state index in [1.165, 1.54) is 29.3 Å². The number of methoxy groups -OCH3 is 1. The Morgan fingerprint density at radius 1 is 1.35 bits per heavy atom. The van der Waals surface area contributed by atoms with Gasteiger partial charge in [0.2, 0.25) is 0 Å². The van der Waals surface area contributed by atoms with Gasteiger partial charge in [-0.25, -0.2) is 4.79 Å². The van der Waals surface area contributed by atoms with Gasteiger partial charge in [0.05, 0.1) is 31.1 Å². The highest BCUT2D eigenvalue weighted by atomic mass is 16.5. The molecule has 1 N–H and O–H groups in total. The average Bonchev–Trinajstić information content (AvgIpc) is 3.06. The van der Waals surface area contributed by atoms with Crippen LogP contribution in [0.15, 0.2) is 36.1 Å². The van der Waals surface area contributed by atoms with Crippen molar-refractivity contribution in [3.8, 4) is 0 Å². The minimum absolute atomic E-state index is 0.124. The summed E-state index contributed by atoms with van der Waals surface area (Å²) in [4.78, 5) is 18.5. The molecular weight excluding hydrogens is 328 g/mol. The van der Waals surface area contributed by atoms with Crippen molar-refractivity contribution >= 4 is 16.9 Å². The van der Waals surface area contributed by atoms with Crippen molar-refractivity contribution in [2.24, 2.45) is 11.8 Å². The fourth-order valence-electron chi connectivity index (χ4n) is 5.19. The number of H-pyrrole nitrogens is 1. The Kier molecular flexibility index (Phi) is 3.60. The van der Waals surface area contributed by atoms with Crippen molar-refractivity contribution in [3.05, 3.63) is 47.4 Å². The smallest absolute Gasteiger partial charge is 0.337 e. The molecule has 1 aromatic carbocycles. The van der Waals surface area contributed by atoms with E-state index in [2.05, 4.69) is 41.1 Å². The lowest BCUT2D eigenvalue weighted by Gasteiger charge is -2.49. The first-order valence-electron chi connectivity index (χ1n) is 9.44. The van der Waals surface area contributed by atoms with Crippen LogP contribution < -0.4 is 0 Å². The first kappa shape index (κ1) is 15.9. The van der Waals surface area contributed by atoms with Gasteiger partial charge < -0.3 is 14.5 Å². The van der Waals surface area contributed by atoms with E-state index in [1.807, 2.05) is 0 Å². The number of benzene rings is 1. The monoisotopic (exact) mass is 352 g/mol. The van der Waals surface area contributed by atoms with E-state index in [4.69, 9.17) is 9.47 Å². The fourth-order valence-corrected chi connectivity index (χ4v) is 5.19. The van der Waals surface area contributed by atoms with Crippen molar-refractivity contribution in [1.82, 2.24) is 9.88 Å². The van der Waals surface area contributed by atoms with Gasteiger partial charge in [0.25, 0.3) is 0 Å². The van der Waals surface area contributed by atoms with E-state index in [1.54, 1.807) is 6.26 Å². The van der Waals surface area contributed by atoms with Crippen LogP contribution >= 0.6 is 0 Å². The SMILES string of the molecule is COC(=O)C1=CO[C@@H](C)[C@H]2CN3CCc4c([nH]c5ccccc45)C3C[C@H]12. The summed E-state index contributed by atoms with van der Waals surface area (Å²) in [5, 5.41) is 1.34.